The molecule has 2 heterocycles. The van der Waals surface area contributed by atoms with Gasteiger partial charge in [-0.15, -0.1) is 0 Å². The molecule has 0 aliphatic carbocycles. The third-order valence-electron chi connectivity index (χ3n) is 4.07. The van der Waals surface area contributed by atoms with E-state index in [4.69, 9.17) is 0 Å². The third kappa shape index (κ3) is 3.82. The monoisotopic (exact) mass is 348 g/mol. The molecular weight excluding hydrogens is 328 g/mol. The Kier molecular flexibility index (Phi) is 4.68. The van der Waals surface area contributed by atoms with Gasteiger partial charge in [0.2, 0.25) is 15.9 Å². The molecule has 0 bridgehead atoms. The highest BCUT2D eigenvalue weighted by molar-refractivity contribution is 7.88. The minimum Gasteiger partial charge on any atom is -0.340 e. The molecule has 7 nitrogen and oxygen atoms in total. The van der Waals surface area contributed by atoms with E-state index in [0.29, 0.717) is 26.2 Å². The second-order valence-corrected chi connectivity index (χ2v) is 7.83. The van der Waals surface area contributed by atoms with Gasteiger partial charge in [0.25, 0.3) is 0 Å². The van der Waals surface area contributed by atoms with E-state index in [1.54, 1.807) is 15.8 Å². The zero-order valence-corrected chi connectivity index (χ0v) is 14.3. The Labute approximate surface area is 141 Å². The average Bonchev–Trinajstić information content (AvgIpc) is 3.03. The molecule has 0 spiro atoms. The molecule has 1 fully saturated rings. The molecule has 1 aromatic heterocycles. The van der Waals surface area contributed by atoms with Gasteiger partial charge in [0.05, 0.1) is 24.6 Å². The first kappa shape index (κ1) is 16.7. The van der Waals surface area contributed by atoms with Gasteiger partial charge in [-0.25, -0.2) is 13.1 Å². The van der Waals surface area contributed by atoms with E-state index in [9.17, 15) is 13.2 Å². The third-order valence-corrected chi connectivity index (χ3v) is 5.38. The summed E-state index contributed by atoms with van der Waals surface area (Å²) in [7, 11) is -3.18. The fraction of sp³-hybridized carbons (Fsp3) is 0.375. The molecule has 0 saturated carbocycles. The highest BCUT2D eigenvalue weighted by atomic mass is 32.2. The Morgan fingerprint density at radius 3 is 2.42 bits per heavy atom. The molecule has 24 heavy (non-hydrogen) atoms. The van der Waals surface area contributed by atoms with E-state index in [-0.39, 0.29) is 12.3 Å². The number of rotatable bonds is 4. The highest BCUT2D eigenvalue weighted by Crippen LogP contribution is 2.11. The van der Waals surface area contributed by atoms with E-state index >= 15 is 0 Å². The summed E-state index contributed by atoms with van der Waals surface area (Å²) >= 11 is 0. The summed E-state index contributed by atoms with van der Waals surface area (Å²) in [5.74, 6) is -0.00392. The van der Waals surface area contributed by atoms with Gasteiger partial charge >= 0.3 is 0 Å². The number of amides is 1. The number of hydrogen-bond donors (Lipinski definition) is 0. The van der Waals surface area contributed by atoms with Crippen LogP contribution in [0.4, 0.5) is 0 Å². The molecule has 0 radical (unpaired) electrons. The molecule has 1 aliphatic rings. The van der Waals surface area contributed by atoms with Crippen molar-refractivity contribution in [3.63, 3.8) is 0 Å². The van der Waals surface area contributed by atoms with Crippen LogP contribution in [0, 0.1) is 0 Å². The molecular formula is C16H20N4O3S. The molecule has 128 valence electrons. The van der Waals surface area contributed by atoms with E-state index < -0.39 is 10.0 Å². The van der Waals surface area contributed by atoms with Crippen LogP contribution in [0.15, 0.2) is 42.7 Å². The van der Waals surface area contributed by atoms with Crippen molar-refractivity contribution in [2.45, 2.75) is 6.42 Å². The molecule has 0 atom stereocenters. The number of sulfonamides is 1. The maximum atomic E-state index is 12.4. The van der Waals surface area contributed by atoms with Crippen molar-refractivity contribution in [2.24, 2.45) is 0 Å². The summed E-state index contributed by atoms with van der Waals surface area (Å²) in [6.07, 6.45) is 5.01. The van der Waals surface area contributed by atoms with Crippen LogP contribution in [0.2, 0.25) is 0 Å². The van der Waals surface area contributed by atoms with Crippen molar-refractivity contribution in [2.75, 3.05) is 32.4 Å². The Hall–Kier alpha value is -2.19. The molecule has 8 heteroatoms. The maximum absolute atomic E-state index is 12.4. The smallest absolute Gasteiger partial charge is 0.227 e. The van der Waals surface area contributed by atoms with Gasteiger partial charge in [-0.2, -0.15) is 9.40 Å². The molecule has 0 N–H and O–H groups in total. The van der Waals surface area contributed by atoms with Crippen LogP contribution in [0.1, 0.15) is 5.56 Å². The molecule has 0 unspecified atom stereocenters. The second kappa shape index (κ2) is 6.74. The Balaban J connectivity index is 1.59. The predicted octanol–water partition coefficient (Wildman–Crippen LogP) is 0.519. The van der Waals surface area contributed by atoms with E-state index in [1.165, 1.54) is 10.6 Å². The van der Waals surface area contributed by atoms with Gasteiger partial charge in [0.1, 0.15) is 0 Å². The minimum atomic E-state index is -3.18. The number of carbonyl (C=O) groups excluding carboxylic acids is 1. The lowest BCUT2D eigenvalue weighted by Gasteiger charge is -2.33. The van der Waals surface area contributed by atoms with Gasteiger partial charge in [-0.05, 0) is 17.7 Å². The van der Waals surface area contributed by atoms with E-state index in [2.05, 4.69) is 5.10 Å². The fourth-order valence-electron chi connectivity index (χ4n) is 2.73. The summed E-state index contributed by atoms with van der Waals surface area (Å²) in [6.45, 7) is 1.57. The number of hydrogen-bond acceptors (Lipinski definition) is 4. The van der Waals surface area contributed by atoms with Crippen LogP contribution < -0.4 is 0 Å². The SMILES string of the molecule is CS(=O)(=O)N1CCN(C(=O)Cc2cnn(-c3ccccc3)c2)CC1. The second-order valence-electron chi connectivity index (χ2n) is 5.85. The lowest BCUT2D eigenvalue weighted by atomic mass is 10.2. The fourth-order valence-corrected chi connectivity index (χ4v) is 3.56. The van der Waals surface area contributed by atoms with Gasteiger partial charge in [0.15, 0.2) is 0 Å². The highest BCUT2D eigenvalue weighted by Gasteiger charge is 2.26. The molecule has 1 saturated heterocycles. The van der Waals surface area contributed by atoms with Crippen molar-refractivity contribution in [1.82, 2.24) is 19.0 Å². The van der Waals surface area contributed by atoms with Crippen LogP contribution in [-0.4, -0.2) is 65.7 Å². The van der Waals surface area contributed by atoms with Crippen molar-refractivity contribution < 1.29 is 13.2 Å². The number of carbonyl (C=O) groups is 1. The number of benzene rings is 1. The van der Waals surface area contributed by atoms with E-state index in [0.717, 1.165) is 11.3 Å². The zero-order chi connectivity index (χ0) is 17.2. The van der Waals surface area contributed by atoms with Crippen LogP contribution >= 0.6 is 0 Å². The van der Waals surface area contributed by atoms with Crippen LogP contribution in [0.5, 0.6) is 0 Å². The number of para-hydroxylation sites is 1. The Morgan fingerprint density at radius 1 is 1.12 bits per heavy atom. The van der Waals surface area contributed by atoms with Crippen molar-refractivity contribution in [3.8, 4) is 5.69 Å². The Morgan fingerprint density at radius 2 is 1.79 bits per heavy atom. The lowest BCUT2D eigenvalue weighted by Crippen LogP contribution is -2.50. The molecule has 2 aromatic rings. The summed E-state index contributed by atoms with van der Waals surface area (Å²) in [4.78, 5) is 14.1. The number of piperazine rings is 1. The normalized spacial score (nSPS) is 16.3. The first-order valence-corrected chi connectivity index (χ1v) is 9.60. The predicted molar refractivity (Wildman–Crippen MR) is 90.3 cm³/mol. The Bertz CT molecular complexity index is 809. The minimum absolute atomic E-state index is 0.00392. The summed E-state index contributed by atoms with van der Waals surface area (Å²) in [6, 6.07) is 9.70. The number of nitrogens with zero attached hydrogens (tertiary/aromatic N) is 4. The molecule has 3 rings (SSSR count). The topological polar surface area (TPSA) is 75.5 Å². The quantitative estimate of drug-likeness (QED) is 0.807. The average molecular weight is 348 g/mol. The molecule has 1 aromatic carbocycles. The first-order valence-electron chi connectivity index (χ1n) is 7.75. The number of aromatic nitrogens is 2. The molecule has 1 aliphatic heterocycles. The summed E-state index contributed by atoms with van der Waals surface area (Å²) in [5, 5.41) is 4.29. The lowest BCUT2D eigenvalue weighted by molar-refractivity contribution is -0.131. The van der Waals surface area contributed by atoms with Crippen molar-refractivity contribution in [1.29, 1.82) is 0 Å². The van der Waals surface area contributed by atoms with Gasteiger partial charge in [0, 0.05) is 32.4 Å². The van der Waals surface area contributed by atoms with Gasteiger partial charge in [-0.3, -0.25) is 4.79 Å². The largest absolute Gasteiger partial charge is 0.340 e. The maximum Gasteiger partial charge on any atom is 0.227 e. The summed E-state index contributed by atoms with van der Waals surface area (Å²) in [5.41, 5.74) is 1.78. The van der Waals surface area contributed by atoms with Crippen LogP contribution in [0.3, 0.4) is 0 Å². The van der Waals surface area contributed by atoms with Crippen LogP contribution in [-0.2, 0) is 21.2 Å². The zero-order valence-electron chi connectivity index (χ0n) is 13.5. The van der Waals surface area contributed by atoms with Crippen molar-refractivity contribution >= 4 is 15.9 Å². The van der Waals surface area contributed by atoms with Gasteiger partial charge in [-0.1, -0.05) is 18.2 Å². The first-order chi connectivity index (χ1) is 11.4. The van der Waals surface area contributed by atoms with Crippen LogP contribution in [0.25, 0.3) is 5.69 Å². The standard InChI is InChI=1S/C16H20N4O3S/c1-24(22,23)19-9-7-18(8-10-19)16(21)11-14-12-17-20(13-14)15-5-3-2-4-6-15/h2-6,12-13H,7-11H2,1H3. The molecule has 1 amide bonds. The van der Waals surface area contributed by atoms with E-state index in [1.807, 2.05) is 36.5 Å². The summed E-state index contributed by atoms with van der Waals surface area (Å²) < 4.78 is 26.2. The van der Waals surface area contributed by atoms with Gasteiger partial charge < -0.3 is 4.90 Å². The van der Waals surface area contributed by atoms with Crippen molar-refractivity contribution in [3.05, 3.63) is 48.3 Å².